The van der Waals surface area contributed by atoms with Crippen molar-refractivity contribution in [3.05, 3.63) is 0 Å². The molecule has 0 aromatic heterocycles. The highest BCUT2D eigenvalue weighted by molar-refractivity contribution is 4.74. The Morgan fingerprint density at radius 3 is 2.88 bits per heavy atom. The first-order chi connectivity index (χ1) is 7.84. The Hall–Kier alpha value is -0.0800. The van der Waals surface area contributed by atoms with Crippen LogP contribution in [0.2, 0.25) is 0 Å². The van der Waals surface area contributed by atoms with Gasteiger partial charge in [0, 0.05) is 6.61 Å². The summed E-state index contributed by atoms with van der Waals surface area (Å²) in [5.41, 5.74) is 0. The molecule has 0 aromatic rings. The summed E-state index contributed by atoms with van der Waals surface area (Å²) in [6.45, 7) is 5.82. The zero-order valence-corrected chi connectivity index (χ0v) is 10.7. The zero-order valence-electron chi connectivity index (χ0n) is 10.7. The Balaban J connectivity index is 1.43. The van der Waals surface area contributed by atoms with Gasteiger partial charge in [0.05, 0.1) is 6.10 Å². The van der Waals surface area contributed by atoms with Crippen molar-refractivity contribution in [3.63, 3.8) is 0 Å². The monoisotopic (exact) mass is 225 g/mol. The van der Waals surface area contributed by atoms with Crippen molar-refractivity contribution in [2.75, 3.05) is 19.7 Å². The summed E-state index contributed by atoms with van der Waals surface area (Å²) in [5.74, 6) is 1.93. The summed E-state index contributed by atoms with van der Waals surface area (Å²) in [4.78, 5) is 0. The van der Waals surface area contributed by atoms with Crippen molar-refractivity contribution < 1.29 is 4.74 Å². The first kappa shape index (κ1) is 12.4. The van der Waals surface area contributed by atoms with Crippen molar-refractivity contribution in [3.8, 4) is 0 Å². The highest BCUT2D eigenvalue weighted by Crippen LogP contribution is 2.29. The lowest BCUT2D eigenvalue weighted by Crippen LogP contribution is -2.23. The van der Waals surface area contributed by atoms with Crippen LogP contribution in [-0.4, -0.2) is 25.8 Å². The Labute approximate surface area is 100 Å². The molecule has 1 aliphatic heterocycles. The third-order valence-corrected chi connectivity index (χ3v) is 4.14. The van der Waals surface area contributed by atoms with Gasteiger partial charge in [0.25, 0.3) is 0 Å². The smallest absolute Gasteiger partial charge is 0.0576 e. The number of nitrogens with one attached hydrogen (secondary N) is 1. The van der Waals surface area contributed by atoms with Gasteiger partial charge >= 0.3 is 0 Å². The SMILES string of the molecule is CC1CCC(CNCCCC2CCCO2)C1. The quantitative estimate of drug-likeness (QED) is 0.702. The molecule has 0 spiro atoms. The van der Waals surface area contributed by atoms with E-state index in [0.29, 0.717) is 6.10 Å². The molecule has 1 saturated carbocycles. The first-order valence-electron chi connectivity index (χ1n) is 7.17. The van der Waals surface area contributed by atoms with Gasteiger partial charge < -0.3 is 10.1 Å². The van der Waals surface area contributed by atoms with Crippen LogP contribution in [0.1, 0.15) is 51.9 Å². The summed E-state index contributed by atoms with van der Waals surface area (Å²) in [5, 5.41) is 3.62. The Bertz CT molecular complexity index is 189. The van der Waals surface area contributed by atoms with Crippen LogP contribution in [0.25, 0.3) is 0 Å². The summed E-state index contributed by atoms with van der Waals surface area (Å²) in [6.07, 6.45) is 10.0. The summed E-state index contributed by atoms with van der Waals surface area (Å²) < 4.78 is 5.62. The predicted molar refractivity (Wildman–Crippen MR) is 67.6 cm³/mol. The molecule has 3 unspecified atom stereocenters. The van der Waals surface area contributed by atoms with Crippen molar-refractivity contribution in [1.29, 1.82) is 0 Å². The molecule has 1 N–H and O–H groups in total. The minimum atomic E-state index is 0.577. The minimum Gasteiger partial charge on any atom is -0.378 e. The second-order valence-corrected chi connectivity index (χ2v) is 5.77. The Morgan fingerprint density at radius 1 is 1.25 bits per heavy atom. The van der Waals surface area contributed by atoms with Gasteiger partial charge in [-0.15, -0.1) is 0 Å². The van der Waals surface area contributed by atoms with Crippen molar-refractivity contribution in [2.45, 2.75) is 58.0 Å². The van der Waals surface area contributed by atoms with Gasteiger partial charge in [-0.1, -0.05) is 13.3 Å². The van der Waals surface area contributed by atoms with Crippen LogP contribution in [0.3, 0.4) is 0 Å². The number of hydrogen-bond donors (Lipinski definition) is 1. The van der Waals surface area contributed by atoms with Crippen molar-refractivity contribution in [1.82, 2.24) is 5.32 Å². The lowest BCUT2D eigenvalue weighted by molar-refractivity contribution is 0.102. The maximum atomic E-state index is 5.62. The summed E-state index contributed by atoms with van der Waals surface area (Å²) in [6, 6.07) is 0. The number of hydrogen-bond acceptors (Lipinski definition) is 2. The van der Waals surface area contributed by atoms with Gasteiger partial charge in [0.1, 0.15) is 0 Å². The molecule has 3 atom stereocenters. The van der Waals surface area contributed by atoms with E-state index in [1.807, 2.05) is 0 Å². The van der Waals surface area contributed by atoms with Gasteiger partial charge in [-0.2, -0.15) is 0 Å². The highest BCUT2D eigenvalue weighted by Gasteiger charge is 2.20. The van der Waals surface area contributed by atoms with Crippen LogP contribution in [0.15, 0.2) is 0 Å². The number of ether oxygens (including phenoxy) is 1. The lowest BCUT2D eigenvalue weighted by atomic mass is 10.1. The van der Waals surface area contributed by atoms with Crippen LogP contribution in [0.4, 0.5) is 0 Å². The van der Waals surface area contributed by atoms with Crippen molar-refractivity contribution in [2.24, 2.45) is 11.8 Å². The standard InChI is InChI=1S/C14H27NO/c1-12-6-7-13(10-12)11-15-8-2-4-14-5-3-9-16-14/h12-15H,2-11H2,1H3. The van der Waals surface area contributed by atoms with Gasteiger partial charge in [0.15, 0.2) is 0 Å². The van der Waals surface area contributed by atoms with E-state index < -0.39 is 0 Å². The maximum Gasteiger partial charge on any atom is 0.0576 e. The molecule has 0 amide bonds. The van der Waals surface area contributed by atoms with Crippen LogP contribution >= 0.6 is 0 Å². The molecular formula is C14H27NO. The molecule has 2 fully saturated rings. The van der Waals surface area contributed by atoms with Gasteiger partial charge in [-0.05, 0) is 63.5 Å². The van der Waals surface area contributed by atoms with E-state index in [9.17, 15) is 0 Å². The average molecular weight is 225 g/mol. The van der Waals surface area contributed by atoms with Crippen LogP contribution in [0.5, 0.6) is 0 Å². The van der Waals surface area contributed by atoms with E-state index in [0.717, 1.165) is 18.4 Å². The van der Waals surface area contributed by atoms with Crippen LogP contribution in [-0.2, 0) is 4.74 Å². The third-order valence-electron chi connectivity index (χ3n) is 4.14. The second-order valence-electron chi connectivity index (χ2n) is 5.77. The highest BCUT2D eigenvalue weighted by atomic mass is 16.5. The molecule has 2 rings (SSSR count). The van der Waals surface area contributed by atoms with Crippen LogP contribution in [0, 0.1) is 11.8 Å². The summed E-state index contributed by atoms with van der Waals surface area (Å²) in [7, 11) is 0. The van der Waals surface area contributed by atoms with Gasteiger partial charge in [-0.25, -0.2) is 0 Å². The minimum absolute atomic E-state index is 0.577. The van der Waals surface area contributed by atoms with Crippen molar-refractivity contribution >= 4 is 0 Å². The molecule has 1 saturated heterocycles. The topological polar surface area (TPSA) is 21.3 Å². The molecule has 0 radical (unpaired) electrons. The summed E-state index contributed by atoms with van der Waals surface area (Å²) >= 11 is 0. The Kier molecular flexibility index (Phi) is 5.11. The fourth-order valence-corrected chi connectivity index (χ4v) is 3.14. The molecule has 0 bridgehead atoms. The average Bonchev–Trinajstić information content (AvgIpc) is 2.89. The molecular weight excluding hydrogens is 198 g/mol. The molecule has 2 nitrogen and oxygen atoms in total. The van der Waals surface area contributed by atoms with E-state index in [1.165, 1.54) is 58.0 Å². The zero-order chi connectivity index (χ0) is 11.2. The fraction of sp³-hybridized carbons (Fsp3) is 1.00. The van der Waals surface area contributed by atoms with E-state index in [4.69, 9.17) is 4.74 Å². The first-order valence-corrected chi connectivity index (χ1v) is 7.17. The maximum absolute atomic E-state index is 5.62. The predicted octanol–water partition coefficient (Wildman–Crippen LogP) is 2.97. The molecule has 2 heteroatoms. The van der Waals surface area contributed by atoms with E-state index in [-0.39, 0.29) is 0 Å². The van der Waals surface area contributed by atoms with E-state index >= 15 is 0 Å². The lowest BCUT2D eigenvalue weighted by Gasteiger charge is -2.12. The Morgan fingerprint density at radius 2 is 2.19 bits per heavy atom. The molecule has 1 aliphatic carbocycles. The fourth-order valence-electron chi connectivity index (χ4n) is 3.14. The molecule has 2 aliphatic rings. The number of rotatable bonds is 6. The van der Waals surface area contributed by atoms with E-state index in [2.05, 4.69) is 12.2 Å². The largest absolute Gasteiger partial charge is 0.378 e. The normalized spacial score (nSPS) is 34.7. The van der Waals surface area contributed by atoms with Gasteiger partial charge in [-0.3, -0.25) is 0 Å². The van der Waals surface area contributed by atoms with Crippen LogP contribution < -0.4 is 5.32 Å². The molecule has 1 heterocycles. The molecule has 16 heavy (non-hydrogen) atoms. The van der Waals surface area contributed by atoms with Gasteiger partial charge in [0.2, 0.25) is 0 Å². The van der Waals surface area contributed by atoms with E-state index in [1.54, 1.807) is 0 Å². The molecule has 94 valence electrons. The molecule has 0 aromatic carbocycles. The third kappa shape index (κ3) is 4.06. The second kappa shape index (κ2) is 6.61.